The highest BCUT2D eigenvalue weighted by Gasteiger charge is 2.38. The number of carbonyl (C=O) groups is 3. The molecule has 0 aliphatic carbocycles. The second-order valence-corrected chi connectivity index (χ2v) is 6.29. The fourth-order valence-corrected chi connectivity index (χ4v) is 2.87. The van der Waals surface area contributed by atoms with E-state index in [1.165, 1.54) is 6.07 Å². The Hall–Kier alpha value is -2.97. The Morgan fingerprint density at radius 3 is 2.41 bits per heavy atom. The first-order valence-corrected chi connectivity index (χ1v) is 8.90. The Morgan fingerprint density at radius 1 is 1.15 bits per heavy atom. The molecule has 0 aromatic heterocycles. The van der Waals surface area contributed by atoms with E-state index in [9.17, 15) is 24.5 Å². The van der Waals surface area contributed by atoms with Crippen LogP contribution in [-0.2, 0) is 4.79 Å². The third-order valence-electron chi connectivity index (χ3n) is 4.27. The van der Waals surface area contributed by atoms with Gasteiger partial charge in [0.05, 0.1) is 22.7 Å². The van der Waals surface area contributed by atoms with Gasteiger partial charge < -0.3 is 9.84 Å². The van der Waals surface area contributed by atoms with Crippen molar-refractivity contribution in [3.8, 4) is 5.75 Å². The van der Waals surface area contributed by atoms with Crippen molar-refractivity contribution in [2.75, 3.05) is 13.2 Å². The molecular formula is C18H22N2O7. The molecule has 0 radical (unpaired) electrons. The summed E-state index contributed by atoms with van der Waals surface area (Å²) in [6, 6.07) is 2.30. The first kappa shape index (κ1) is 20.3. The van der Waals surface area contributed by atoms with E-state index in [2.05, 4.69) is 6.92 Å². The van der Waals surface area contributed by atoms with Gasteiger partial charge in [0.15, 0.2) is 5.75 Å². The normalized spacial score (nSPS) is 13.0. The van der Waals surface area contributed by atoms with Crippen molar-refractivity contribution in [3.63, 3.8) is 0 Å². The number of imide groups is 1. The maximum atomic E-state index is 12.5. The Morgan fingerprint density at radius 2 is 1.81 bits per heavy atom. The average Bonchev–Trinajstić information content (AvgIpc) is 2.84. The molecule has 0 fully saturated rings. The van der Waals surface area contributed by atoms with E-state index in [4.69, 9.17) is 9.84 Å². The molecule has 1 aliphatic heterocycles. The van der Waals surface area contributed by atoms with Crippen molar-refractivity contribution in [1.29, 1.82) is 0 Å². The van der Waals surface area contributed by atoms with Crippen LogP contribution in [0.3, 0.4) is 0 Å². The zero-order chi connectivity index (χ0) is 20.0. The summed E-state index contributed by atoms with van der Waals surface area (Å²) in [6.07, 6.45) is 3.69. The van der Waals surface area contributed by atoms with Gasteiger partial charge in [0.1, 0.15) is 0 Å². The van der Waals surface area contributed by atoms with Crippen molar-refractivity contribution in [2.45, 2.75) is 45.4 Å². The summed E-state index contributed by atoms with van der Waals surface area (Å²) in [5.74, 6) is -2.31. The standard InChI is InChI=1S/C18H22N2O7/c1-2-3-4-5-9-27-15-11-13-12(10-14(15)20(25)26)17(23)19(18(13)24)8-6-7-16(21)22/h10-11H,2-9H2,1H3,(H,21,22). The second-order valence-electron chi connectivity index (χ2n) is 6.29. The number of unbranched alkanes of at least 4 members (excludes halogenated alkanes) is 3. The number of carboxylic acid groups (broad SMARTS) is 1. The van der Waals surface area contributed by atoms with Gasteiger partial charge >= 0.3 is 11.7 Å². The highest BCUT2D eigenvalue weighted by atomic mass is 16.6. The van der Waals surface area contributed by atoms with Gasteiger partial charge in [0.25, 0.3) is 11.8 Å². The molecule has 9 nitrogen and oxygen atoms in total. The number of carboxylic acids is 1. The number of nitro groups is 1. The van der Waals surface area contributed by atoms with Crippen LogP contribution in [0.5, 0.6) is 5.75 Å². The molecule has 146 valence electrons. The number of nitro benzene ring substituents is 1. The van der Waals surface area contributed by atoms with Crippen LogP contribution < -0.4 is 4.74 Å². The molecule has 1 aliphatic rings. The smallest absolute Gasteiger partial charge is 0.311 e. The first-order valence-electron chi connectivity index (χ1n) is 8.90. The SMILES string of the molecule is CCCCCCOc1cc2c(cc1[N+](=O)[O-])C(=O)N(CCCC(=O)O)C2=O. The van der Waals surface area contributed by atoms with Gasteiger partial charge in [0.2, 0.25) is 0 Å². The zero-order valence-electron chi connectivity index (χ0n) is 15.1. The fourth-order valence-electron chi connectivity index (χ4n) is 2.87. The molecular weight excluding hydrogens is 356 g/mol. The number of amides is 2. The molecule has 0 saturated heterocycles. The molecule has 9 heteroatoms. The Kier molecular flexibility index (Phi) is 6.86. The quantitative estimate of drug-likeness (QED) is 0.271. The number of aliphatic carboxylic acids is 1. The van der Waals surface area contributed by atoms with Gasteiger partial charge in [-0.3, -0.25) is 29.4 Å². The molecule has 1 aromatic rings. The second kappa shape index (κ2) is 9.11. The summed E-state index contributed by atoms with van der Waals surface area (Å²) >= 11 is 0. The van der Waals surface area contributed by atoms with Crippen molar-refractivity contribution >= 4 is 23.5 Å². The van der Waals surface area contributed by atoms with Gasteiger partial charge in [-0.25, -0.2) is 0 Å². The van der Waals surface area contributed by atoms with Crippen LogP contribution in [0.25, 0.3) is 0 Å². The number of hydrogen-bond donors (Lipinski definition) is 1. The van der Waals surface area contributed by atoms with Gasteiger partial charge in [-0.2, -0.15) is 0 Å². The van der Waals surface area contributed by atoms with Crippen LogP contribution in [0.1, 0.15) is 66.2 Å². The molecule has 1 N–H and O–H groups in total. The lowest BCUT2D eigenvalue weighted by Crippen LogP contribution is -2.31. The minimum Gasteiger partial charge on any atom is -0.487 e. The van der Waals surface area contributed by atoms with E-state index < -0.39 is 22.7 Å². The zero-order valence-corrected chi connectivity index (χ0v) is 15.1. The highest BCUT2D eigenvalue weighted by Crippen LogP contribution is 2.35. The van der Waals surface area contributed by atoms with Crippen LogP contribution in [0.4, 0.5) is 5.69 Å². The Bertz CT molecular complexity index is 760. The van der Waals surface area contributed by atoms with E-state index in [0.29, 0.717) is 0 Å². The predicted octanol–water partition coefficient (Wildman–Crippen LogP) is 3.01. The molecule has 1 aromatic carbocycles. The maximum absolute atomic E-state index is 12.5. The third kappa shape index (κ3) is 4.81. The summed E-state index contributed by atoms with van der Waals surface area (Å²) in [7, 11) is 0. The molecule has 2 rings (SSSR count). The summed E-state index contributed by atoms with van der Waals surface area (Å²) in [5, 5.41) is 20.0. The third-order valence-corrected chi connectivity index (χ3v) is 4.27. The van der Waals surface area contributed by atoms with Crippen LogP contribution in [-0.4, -0.2) is 45.9 Å². The topological polar surface area (TPSA) is 127 Å². The molecule has 0 spiro atoms. The summed E-state index contributed by atoms with van der Waals surface area (Å²) in [6.45, 7) is 2.29. The molecule has 0 saturated carbocycles. The van der Waals surface area contributed by atoms with Crippen LogP contribution in [0, 0.1) is 10.1 Å². The van der Waals surface area contributed by atoms with Crippen molar-refractivity contribution < 1.29 is 29.2 Å². The van der Waals surface area contributed by atoms with Crippen molar-refractivity contribution in [3.05, 3.63) is 33.4 Å². The molecule has 0 atom stereocenters. The van der Waals surface area contributed by atoms with Crippen LogP contribution >= 0.6 is 0 Å². The van der Waals surface area contributed by atoms with Crippen LogP contribution in [0.2, 0.25) is 0 Å². The lowest BCUT2D eigenvalue weighted by Gasteiger charge is -2.12. The minimum atomic E-state index is -1.03. The van der Waals surface area contributed by atoms with E-state index in [1.54, 1.807) is 0 Å². The first-order chi connectivity index (χ1) is 12.9. The largest absolute Gasteiger partial charge is 0.487 e. The summed E-state index contributed by atoms with van der Waals surface area (Å²) in [5.41, 5.74) is -0.373. The van der Waals surface area contributed by atoms with Gasteiger partial charge in [-0.05, 0) is 12.8 Å². The monoisotopic (exact) mass is 378 g/mol. The van der Waals surface area contributed by atoms with Crippen molar-refractivity contribution in [2.24, 2.45) is 0 Å². The number of fused-ring (bicyclic) bond motifs is 1. The van der Waals surface area contributed by atoms with Gasteiger partial charge in [-0.1, -0.05) is 26.2 Å². The average molecular weight is 378 g/mol. The molecule has 0 bridgehead atoms. The maximum Gasteiger partial charge on any atom is 0.311 e. The highest BCUT2D eigenvalue weighted by molar-refractivity contribution is 6.21. The molecule has 0 unspecified atom stereocenters. The Labute approximate surface area is 156 Å². The number of ether oxygens (including phenoxy) is 1. The van der Waals surface area contributed by atoms with E-state index in [0.717, 1.165) is 36.6 Å². The van der Waals surface area contributed by atoms with Gasteiger partial charge in [0, 0.05) is 25.1 Å². The van der Waals surface area contributed by atoms with E-state index in [-0.39, 0.29) is 48.6 Å². The van der Waals surface area contributed by atoms with E-state index >= 15 is 0 Å². The predicted molar refractivity (Wildman–Crippen MR) is 95.0 cm³/mol. The lowest BCUT2D eigenvalue weighted by molar-refractivity contribution is -0.385. The molecule has 2 amide bonds. The van der Waals surface area contributed by atoms with Crippen LogP contribution in [0.15, 0.2) is 12.1 Å². The van der Waals surface area contributed by atoms with Crippen molar-refractivity contribution in [1.82, 2.24) is 4.90 Å². The fraction of sp³-hybridized carbons (Fsp3) is 0.500. The lowest BCUT2D eigenvalue weighted by atomic mass is 10.1. The number of benzene rings is 1. The summed E-state index contributed by atoms with van der Waals surface area (Å²) in [4.78, 5) is 47.1. The molecule has 27 heavy (non-hydrogen) atoms. The van der Waals surface area contributed by atoms with E-state index in [1.807, 2.05) is 0 Å². The minimum absolute atomic E-state index is 0.0382. The molecule has 1 heterocycles. The summed E-state index contributed by atoms with van der Waals surface area (Å²) < 4.78 is 5.50. The number of carbonyl (C=O) groups excluding carboxylic acids is 2. The number of nitrogens with zero attached hydrogens (tertiary/aromatic N) is 2. The number of rotatable bonds is 11. The number of hydrogen-bond acceptors (Lipinski definition) is 6. The van der Waals surface area contributed by atoms with Gasteiger partial charge in [-0.15, -0.1) is 0 Å². The Balaban J connectivity index is 2.18.